The average Bonchev–Trinajstić information content (AvgIpc) is 2.45. The lowest BCUT2D eigenvalue weighted by Gasteiger charge is -2.25. The highest BCUT2D eigenvalue weighted by atomic mass is 35.5. The predicted molar refractivity (Wildman–Crippen MR) is 93.8 cm³/mol. The predicted octanol–water partition coefficient (Wildman–Crippen LogP) is 5.02. The molecule has 1 aromatic rings. The second-order valence-corrected chi connectivity index (χ2v) is 6.83. The van der Waals surface area contributed by atoms with Crippen molar-refractivity contribution in [2.45, 2.75) is 64.0 Å². The molecule has 0 aromatic heterocycles. The number of hydrogen-bond donors (Lipinski definition) is 2. The van der Waals surface area contributed by atoms with E-state index in [1.807, 2.05) is 6.92 Å². The third kappa shape index (κ3) is 5.15. The summed E-state index contributed by atoms with van der Waals surface area (Å²) in [4.78, 5) is 12.4. The minimum Gasteiger partial charge on any atom is -0.322 e. The molecule has 1 aliphatic carbocycles. The number of para-hydroxylation sites is 1. The van der Waals surface area contributed by atoms with E-state index in [1.165, 1.54) is 32.1 Å². The van der Waals surface area contributed by atoms with E-state index in [-0.39, 0.29) is 11.9 Å². The van der Waals surface area contributed by atoms with Gasteiger partial charge in [0.15, 0.2) is 0 Å². The monoisotopic (exact) mass is 342 g/mol. The SMILES string of the molecule is C[C@@H](NC1CCCCCCC1)C(=O)Nc1c(Cl)cccc1Cl. The van der Waals surface area contributed by atoms with Gasteiger partial charge in [-0.2, -0.15) is 0 Å². The molecule has 22 heavy (non-hydrogen) atoms. The fraction of sp³-hybridized carbons (Fsp3) is 0.588. The number of benzene rings is 1. The van der Waals surface area contributed by atoms with Crippen LogP contribution in [0.5, 0.6) is 0 Å². The Kier molecular flexibility index (Phi) is 7.00. The van der Waals surface area contributed by atoms with Crippen molar-refractivity contribution < 1.29 is 4.79 Å². The standard InChI is InChI=1S/C17H24Cl2N2O/c1-12(20-13-8-5-3-2-4-6-9-13)17(22)21-16-14(18)10-7-11-15(16)19/h7,10-13,20H,2-6,8-9H2,1H3,(H,21,22)/t12-/m1/s1. The van der Waals surface area contributed by atoms with Crippen molar-refractivity contribution in [1.82, 2.24) is 5.32 Å². The van der Waals surface area contributed by atoms with E-state index in [9.17, 15) is 4.79 Å². The molecule has 1 amide bonds. The van der Waals surface area contributed by atoms with Crippen LogP contribution >= 0.6 is 23.2 Å². The first kappa shape index (κ1) is 17.6. The Labute approximate surface area is 142 Å². The van der Waals surface area contributed by atoms with E-state index < -0.39 is 0 Å². The van der Waals surface area contributed by atoms with Gasteiger partial charge in [0.2, 0.25) is 5.91 Å². The molecule has 0 unspecified atom stereocenters. The fourth-order valence-corrected chi connectivity index (χ4v) is 3.39. The highest BCUT2D eigenvalue weighted by Gasteiger charge is 2.20. The van der Waals surface area contributed by atoms with Crippen LogP contribution in [0.4, 0.5) is 5.69 Å². The molecule has 122 valence electrons. The minimum absolute atomic E-state index is 0.0999. The van der Waals surface area contributed by atoms with E-state index in [1.54, 1.807) is 18.2 Å². The van der Waals surface area contributed by atoms with Crippen molar-refractivity contribution in [2.24, 2.45) is 0 Å². The molecule has 1 aliphatic rings. The van der Waals surface area contributed by atoms with E-state index in [0.717, 1.165) is 12.8 Å². The van der Waals surface area contributed by atoms with Gasteiger partial charge in [0, 0.05) is 6.04 Å². The van der Waals surface area contributed by atoms with E-state index >= 15 is 0 Å². The van der Waals surface area contributed by atoms with Gasteiger partial charge in [0.25, 0.3) is 0 Å². The largest absolute Gasteiger partial charge is 0.322 e. The van der Waals surface area contributed by atoms with Gasteiger partial charge in [0.05, 0.1) is 21.8 Å². The highest BCUT2D eigenvalue weighted by molar-refractivity contribution is 6.39. The molecular weight excluding hydrogens is 319 g/mol. The van der Waals surface area contributed by atoms with Gasteiger partial charge in [0.1, 0.15) is 0 Å². The summed E-state index contributed by atoms with van der Waals surface area (Å²) in [5.74, 6) is -0.0999. The Hall–Kier alpha value is -0.770. The molecule has 0 spiro atoms. The summed E-state index contributed by atoms with van der Waals surface area (Å²) in [5, 5.41) is 7.19. The number of rotatable bonds is 4. The number of anilines is 1. The normalized spacial score (nSPS) is 18.3. The van der Waals surface area contributed by atoms with E-state index in [4.69, 9.17) is 23.2 Å². The van der Waals surface area contributed by atoms with Crippen molar-refractivity contribution in [3.63, 3.8) is 0 Å². The molecule has 2 N–H and O–H groups in total. The third-order valence-corrected chi connectivity index (χ3v) is 4.83. The van der Waals surface area contributed by atoms with Gasteiger partial charge >= 0.3 is 0 Å². The number of amides is 1. The molecule has 0 aliphatic heterocycles. The molecule has 5 heteroatoms. The highest BCUT2D eigenvalue weighted by Crippen LogP contribution is 2.29. The second kappa shape index (κ2) is 8.76. The van der Waals surface area contributed by atoms with Crippen molar-refractivity contribution in [3.8, 4) is 0 Å². The Bertz CT molecular complexity index is 479. The molecule has 1 saturated carbocycles. The summed E-state index contributed by atoms with van der Waals surface area (Å²) < 4.78 is 0. The maximum Gasteiger partial charge on any atom is 0.241 e. The van der Waals surface area contributed by atoms with E-state index in [2.05, 4.69) is 10.6 Å². The second-order valence-electron chi connectivity index (χ2n) is 6.02. The van der Waals surface area contributed by atoms with Crippen LogP contribution in [0.25, 0.3) is 0 Å². The zero-order valence-corrected chi connectivity index (χ0v) is 14.5. The maximum atomic E-state index is 12.4. The van der Waals surface area contributed by atoms with Crippen LogP contribution < -0.4 is 10.6 Å². The topological polar surface area (TPSA) is 41.1 Å². The number of nitrogens with one attached hydrogen (secondary N) is 2. The zero-order valence-electron chi connectivity index (χ0n) is 13.0. The Morgan fingerprint density at radius 3 is 2.23 bits per heavy atom. The summed E-state index contributed by atoms with van der Waals surface area (Å²) in [5.41, 5.74) is 0.488. The molecule has 3 nitrogen and oxygen atoms in total. The summed E-state index contributed by atoms with van der Waals surface area (Å²) in [6, 6.07) is 5.35. The molecule has 1 aromatic carbocycles. The molecule has 0 radical (unpaired) electrons. The van der Waals surface area contributed by atoms with E-state index in [0.29, 0.717) is 21.8 Å². The molecule has 1 fully saturated rings. The van der Waals surface area contributed by atoms with Crippen LogP contribution in [0.15, 0.2) is 18.2 Å². The molecule has 1 atom stereocenters. The fourth-order valence-electron chi connectivity index (χ4n) is 2.90. The average molecular weight is 343 g/mol. The van der Waals surface area contributed by atoms with Crippen LogP contribution in [-0.4, -0.2) is 18.0 Å². The van der Waals surface area contributed by atoms with Gasteiger partial charge in [-0.1, -0.05) is 61.4 Å². The summed E-state index contributed by atoms with van der Waals surface area (Å²) in [6.45, 7) is 1.89. The van der Waals surface area contributed by atoms with Crippen LogP contribution in [-0.2, 0) is 4.79 Å². The van der Waals surface area contributed by atoms with Gasteiger partial charge < -0.3 is 10.6 Å². The van der Waals surface area contributed by atoms with Crippen molar-refractivity contribution >= 4 is 34.8 Å². The first-order valence-electron chi connectivity index (χ1n) is 8.09. The summed E-state index contributed by atoms with van der Waals surface area (Å²) in [6.07, 6.45) is 8.70. The first-order valence-corrected chi connectivity index (χ1v) is 8.84. The van der Waals surface area contributed by atoms with Gasteiger partial charge in [-0.15, -0.1) is 0 Å². The zero-order chi connectivity index (χ0) is 15.9. The van der Waals surface area contributed by atoms with Crippen LogP contribution in [0, 0.1) is 0 Å². The lowest BCUT2D eigenvalue weighted by Crippen LogP contribution is -2.44. The van der Waals surface area contributed by atoms with Crippen molar-refractivity contribution in [1.29, 1.82) is 0 Å². The Morgan fingerprint density at radius 1 is 1.09 bits per heavy atom. The summed E-state index contributed by atoms with van der Waals surface area (Å²) >= 11 is 12.2. The maximum absolute atomic E-state index is 12.4. The molecular formula is C17H24Cl2N2O. The lowest BCUT2D eigenvalue weighted by molar-refractivity contribution is -0.118. The van der Waals surface area contributed by atoms with Crippen LogP contribution in [0.2, 0.25) is 10.0 Å². The molecule has 2 rings (SSSR count). The van der Waals surface area contributed by atoms with Crippen LogP contribution in [0.3, 0.4) is 0 Å². The lowest BCUT2D eigenvalue weighted by atomic mass is 9.96. The molecule has 0 saturated heterocycles. The Morgan fingerprint density at radius 2 is 1.64 bits per heavy atom. The number of hydrogen-bond acceptors (Lipinski definition) is 2. The summed E-state index contributed by atoms with van der Waals surface area (Å²) in [7, 11) is 0. The first-order chi connectivity index (χ1) is 10.6. The van der Waals surface area contributed by atoms with Crippen molar-refractivity contribution in [3.05, 3.63) is 28.2 Å². The van der Waals surface area contributed by atoms with Crippen molar-refractivity contribution in [2.75, 3.05) is 5.32 Å². The third-order valence-electron chi connectivity index (χ3n) is 4.20. The number of carbonyl (C=O) groups excluding carboxylic acids is 1. The number of carbonyl (C=O) groups is 1. The van der Waals surface area contributed by atoms with Gasteiger partial charge in [-0.25, -0.2) is 0 Å². The van der Waals surface area contributed by atoms with Crippen LogP contribution in [0.1, 0.15) is 51.9 Å². The quantitative estimate of drug-likeness (QED) is 0.806. The minimum atomic E-state index is -0.267. The van der Waals surface area contributed by atoms with Gasteiger partial charge in [-0.05, 0) is 31.9 Å². The smallest absolute Gasteiger partial charge is 0.241 e. The Balaban J connectivity index is 1.91. The van der Waals surface area contributed by atoms with Gasteiger partial charge in [-0.3, -0.25) is 4.79 Å². The number of halogens is 2. The molecule has 0 bridgehead atoms. The molecule has 0 heterocycles.